The zero-order valence-corrected chi connectivity index (χ0v) is 15.4. The lowest BCUT2D eigenvalue weighted by Crippen LogP contribution is -2.37. The monoisotopic (exact) mass is 385 g/mol. The van der Waals surface area contributed by atoms with Gasteiger partial charge in [0.1, 0.15) is 16.5 Å². The van der Waals surface area contributed by atoms with E-state index < -0.39 is 10.0 Å². The van der Waals surface area contributed by atoms with Crippen molar-refractivity contribution in [3.8, 4) is 0 Å². The number of hydrogen-bond donors (Lipinski definition) is 1. The molecule has 9 heteroatoms. The molecule has 3 aromatic rings. The van der Waals surface area contributed by atoms with Crippen LogP contribution in [0.1, 0.15) is 5.82 Å². The van der Waals surface area contributed by atoms with Gasteiger partial charge in [0.15, 0.2) is 0 Å². The Balaban J connectivity index is 1.54. The highest BCUT2D eigenvalue weighted by molar-refractivity contribution is 7.89. The van der Waals surface area contributed by atoms with E-state index in [9.17, 15) is 8.42 Å². The summed E-state index contributed by atoms with van der Waals surface area (Å²) in [6.07, 6.45) is 3.22. The highest BCUT2D eigenvalue weighted by Gasteiger charge is 2.19. The Morgan fingerprint density at radius 1 is 1.04 bits per heavy atom. The van der Waals surface area contributed by atoms with Crippen LogP contribution in [-0.4, -0.2) is 49.7 Å². The van der Waals surface area contributed by atoms with Gasteiger partial charge in [-0.3, -0.25) is 4.98 Å². The van der Waals surface area contributed by atoms with Gasteiger partial charge in [-0.05, 0) is 18.2 Å². The largest absolute Gasteiger partial charge is 0.378 e. The third-order valence-corrected chi connectivity index (χ3v) is 5.76. The molecule has 1 N–H and O–H groups in total. The van der Waals surface area contributed by atoms with E-state index >= 15 is 0 Å². The second kappa shape index (κ2) is 7.55. The van der Waals surface area contributed by atoms with Crippen molar-refractivity contribution in [1.29, 1.82) is 0 Å². The number of morpholine rings is 1. The van der Waals surface area contributed by atoms with Crippen LogP contribution in [0.4, 0.5) is 5.82 Å². The Morgan fingerprint density at radius 3 is 2.70 bits per heavy atom. The fraction of sp³-hybridized carbons (Fsp3) is 0.278. The highest BCUT2D eigenvalue weighted by atomic mass is 32.2. The van der Waals surface area contributed by atoms with E-state index in [4.69, 9.17) is 4.74 Å². The van der Waals surface area contributed by atoms with Crippen molar-refractivity contribution in [2.75, 3.05) is 31.2 Å². The van der Waals surface area contributed by atoms with Gasteiger partial charge in [0, 0.05) is 30.9 Å². The Kier molecular flexibility index (Phi) is 4.97. The van der Waals surface area contributed by atoms with Crippen LogP contribution in [0.25, 0.3) is 10.9 Å². The molecule has 1 aliphatic rings. The topological polar surface area (TPSA) is 97.3 Å². The number of sulfonamides is 1. The van der Waals surface area contributed by atoms with E-state index in [0.717, 1.165) is 24.3 Å². The Hall–Kier alpha value is -2.62. The molecule has 4 rings (SSSR count). The summed E-state index contributed by atoms with van der Waals surface area (Å²) in [7, 11) is -3.75. The molecule has 0 radical (unpaired) electrons. The zero-order valence-electron chi connectivity index (χ0n) is 14.6. The maximum atomic E-state index is 12.8. The quantitative estimate of drug-likeness (QED) is 0.708. The van der Waals surface area contributed by atoms with Crippen LogP contribution in [0.15, 0.2) is 53.7 Å². The Bertz CT molecular complexity index is 1050. The summed E-state index contributed by atoms with van der Waals surface area (Å²) in [6.45, 7) is 2.82. The number of nitrogens with zero attached hydrogens (tertiary/aromatic N) is 4. The molecule has 0 bridgehead atoms. The van der Waals surface area contributed by atoms with Crippen molar-refractivity contribution in [3.63, 3.8) is 0 Å². The van der Waals surface area contributed by atoms with Crippen molar-refractivity contribution in [3.05, 3.63) is 54.6 Å². The Labute approximate surface area is 157 Å². The van der Waals surface area contributed by atoms with Gasteiger partial charge >= 0.3 is 0 Å². The number of nitrogens with one attached hydrogen (secondary N) is 1. The SMILES string of the molecule is O=S(=O)(NCc1nccc(N2CCOCC2)n1)c1cccc2cccnc12. The second-order valence-corrected chi connectivity index (χ2v) is 7.82. The average molecular weight is 385 g/mol. The second-order valence-electron chi connectivity index (χ2n) is 6.09. The third kappa shape index (κ3) is 3.90. The molecule has 27 heavy (non-hydrogen) atoms. The zero-order chi connectivity index (χ0) is 18.7. The number of ether oxygens (including phenoxy) is 1. The van der Waals surface area contributed by atoms with Gasteiger partial charge in [0.25, 0.3) is 0 Å². The van der Waals surface area contributed by atoms with Crippen LogP contribution < -0.4 is 9.62 Å². The van der Waals surface area contributed by atoms with Gasteiger partial charge in [-0.15, -0.1) is 0 Å². The van der Waals surface area contributed by atoms with Crippen LogP contribution in [0.5, 0.6) is 0 Å². The lowest BCUT2D eigenvalue weighted by Gasteiger charge is -2.27. The van der Waals surface area contributed by atoms with E-state index in [1.54, 1.807) is 30.6 Å². The van der Waals surface area contributed by atoms with Crippen molar-refractivity contribution in [2.45, 2.75) is 11.4 Å². The van der Waals surface area contributed by atoms with Crippen molar-refractivity contribution < 1.29 is 13.2 Å². The number of anilines is 1. The minimum absolute atomic E-state index is 0.00370. The number of aromatic nitrogens is 3. The van der Waals surface area contributed by atoms with E-state index in [1.807, 2.05) is 18.2 Å². The molecule has 1 fully saturated rings. The molecular formula is C18H19N5O3S. The number of rotatable bonds is 5. The first kappa shape index (κ1) is 17.8. The summed E-state index contributed by atoms with van der Waals surface area (Å²) >= 11 is 0. The van der Waals surface area contributed by atoms with Gasteiger partial charge in [-0.1, -0.05) is 18.2 Å². The Morgan fingerprint density at radius 2 is 1.85 bits per heavy atom. The predicted molar refractivity (Wildman–Crippen MR) is 101 cm³/mol. The minimum Gasteiger partial charge on any atom is -0.378 e. The fourth-order valence-electron chi connectivity index (χ4n) is 2.97. The van der Waals surface area contributed by atoms with E-state index in [-0.39, 0.29) is 11.4 Å². The van der Waals surface area contributed by atoms with Gasteiger partial charge in [0.05, 0.1) is 25.3 Å². The number of fused-ring (bicyclic) bond motifs is 1. The maximum absolute atomic E-state index is 12.8. The summed E-state index contributed by atoms with van der Waals surface area (Å²) in [5, 5.41) is 0.769. The van der Waals surface area contributed by atoms with E-state index in [0.29, 0.717) is 24.6 Å². The molecule has 0 aliphatic carbocycles. The van der Waals surface area contributed by atoms with Crippen molar-refractivity contribution in [1.82, 2.24) is 19.7 Å². The molecule has 140 valence electrons. The lowest BCUT2D eigenvalue weighted by molar-refractivity contribution is 0.122. The van der Waals surface area contributed by atoms with Crippen LogP contribution in [0, 0.1) is 0 Å². The molecule has 0 unspecified atom stereocenters. The van der Waals surface area contributed by atoms with Crippen molar-refractivity contribution >= 4 is 26.7 Å². The predicted octanol–water partition coefficient (Wildman–Crippen LogP) is 1.34. The van der Waals surface area contributed by atoms with Gasteiger partial charge < -0.3 is 9.64 Å². The summed E-state index contributed by atoms with van der Waals surface area (Å²) in [4.78, 5) is 15.1. The van der Waals surface area contributed by atoms with E-state index in [2.05, 4.69) is 24.6 Å². The van der Waals surface area contributed by atoms with Gasteiger partial charge in [0.2, 0.25) is 10.0 Å². The summed E-state index contributed by atoms with van der Waals surface area (Å²) in [5.74, 6) is 1.19. The number of hydrogen-bond acceptors (Lipinski definition) is 7. The lowest BCUT2D eigenvalue weighted by atomic mass is 10.2. The molecule has 0 amide bonds. The first-order valence-electron chi connectivity index (χ1n) is 8.61. The fourth-order valence-corrected chi connectivity index (χ4v) is 4.13. The molecule has 0 saturated carbocycles. The van der Waals surface area contributed by atoms with Crippen LogP contribution in [0.3, 0.4) is 0 Å². The molecule has 1 saturated heterocycles. The van der Waals surface area contributed by atoms with Crippen molar-refractivity contribution in [2.24, 2.45) is 0 Å². The molecule has 3 heterocycles. The van der Waals surface area contributed by atoms with Crippen LogP contribution in [0.2, 0.25) is 0 Å². The summed E-state index contributed by atoms with van der Waals surface area (Å²) in [6, 6.07) is 10.5. The highest BCUT2D eigenvalue weighted by Crippen LogP contribution is 2.20. The first-order valence-corrected chi connectivity index (χ1v) is 10.1. The molecular weight excluding hydrogens is 366 g/mol. The van der Waals surface area contributed by atoms with Gasteiger partial charge in [-0.2, -0.15) is 0 Å². The molecule has 1 aromatic carbocycles. The smallest absolute Gasteiger partial charge is 0.243 e. The summed E-state index contributed by atoms with van der Waals surface area (Å²) < 4.78 is 33.5. The molecule has 0 spiro atoms. The normalized spacial score (nSPS) is 15.2. The van der Waals surface area contributed by atoms with E-state index in [1.165, 1.54) is 0 Å². The summed E-state index contributed by atoms with van der Waals surface area (Å²) in [5.41, 5.74) is 0.440. The molecule has 1 aliphatic heterocycles. The number of benzene rings is 1. The van der Waals surface area contributed by atoms with Crippen LogP contribution in [-0.2, 0) is 21.3 Å². The molecule has 2 aromatic heterocycles. The maximum Gasteiger partial charge on any atom is 0.243 e. The number of para-hydroxylation sites is 1. The van der Waals surface area contributed by atoms with Crippen LogP contribution >= 0.6 is 0 Å². The molecule has 0 atom stereocenters. The average Bonchev–Trinajstić information content (AvgIpc) is 2.73. The number of pyridine rings is 1. The molecule has 8 nitrogen and oxygen atoms in total. The van der Waals surface area contributed by atoms with Gasteiger partial charge in [-0.25, -0.2) is 23.1 Å². The third-order valence-electron chi connectivity index (χ3n) is 4.33. The first-order chi connectivity index (χ1) is 13.1. The standard InChI is InChI=1S/C18H19N5O3S/c24-27(25,15-5-1-3-14-4-2-7-20-18(14)15)21-13-16-19-8-6-17(22-16)23-9-11-26-12-10-23/h1-8,21H,9-13H2. The minimum atomic E-state index is -3.75.